The number of aromatic nitrogens is 1. The summed E-state index contributed by atoms with van der Waals surface area (Å²) in [5.74, 6) is 0.387. The van der Waals surface area contributed by atoms with E-state index in [9.17, 15) is 9.18 Å². The molecule has 0 unspecified atom stereocenters. The Balaban J connectivity index is 2.03. The minimum Gasteiger partial charge on any atom is -0.497 e. The predicted octanol–water partition coefficient (Wildman–Crippen LogP) is 3.66. The third kappa shape index (κ3) is 4.23. The number of fused-ring (bicyclic) bond motifs is 1. The number of carbonyl (C=O) groups excluding carboxylic acids is 1. The molecule has 8 heteroatoms. The molecule has 0 radical (unpaired) electrons. The Morgan fingerprint density at radius 3 is 2.36 bits per heavy atom. The summed E-state index contributed by atoms with van der Waals surface area (Å²) in [6.07, 6.45) is 0. The summed E-state index contributed by atoms with van der Waals surface area (Å²) in [5.41, 5.74) is 0.683. The molecule has 0 bridgehead atoms. The quantitative estimate of drug-likeness (QED) is 0.603. The van der Waals surface area contributed by atoms with Crippen LogP contribution in [0.5, 0.6) is 11.5 Å². The first kappa shape index (κ1) is 20.0. The molecule has 0 N–H and O–H groups in total. The van der Waals surface area contributed by atoms with Gasteiger partial charge in [0.25, 0.3) is 5.91 Å². The highest BCUT2D eigenvalue weighted by Crippen LogP contribution is 2.32. The number of nitrogens with zero attached hydrogens (tertiary/aromatic N) is 3. The first-order valence-electron chi connectivity index (χ1n) is 8.67. The van der Waals surface area contributed by atoms with E-state index in [0.29, 0.717) is 40.0 Å². The molecular formula is C20H22FN3O3S. The van der Waals surface area contributed by atoms with E-state index in [4.69, 9.17) is 9.47 Å². The lowest BCUT2D eigenvalue weighted by molar-refractivity contribution is 0.0984. The minimum absolute atomic E-state index is 0.251. The van der Waals surface area contributed by atoms with Crippen molar-refractivity contribution < 1.29 is 18.7 Å². The fraction of sp³-hybridized carbons (Fsp3) is 0.300. The number of hydrogen-bond donors (Lipinski definition) is 0. The van der Waals surface area contributed by atoms with Gasteiger partial charge in [-0.1, -0.05) is 17.4 Å². The average molecular weight is 403 g/mol. The third-order valence-electron chi connectivity index (χ3n) is 4.20. The fourth-order valence-corrected chi connectivity index (χ4v) is 3.69. The number of benzene rings is 2. The molecule has 0 saturated carbocycles. The van der Waals surface area contributed by atoms with Crippen LogP contribution < -0.4 is 14.4 Å². The van der Waals surface area contributed by atoms with E-state index in [1.165, 1.54) is 31.6 Å². The van der Waals surface area contributed by atoms with E-state index in [2.05, 4.69) is 4.98 Å². The van der Waals surface area contributed by atoms with E-state index in [0.717, 1.165) is 0 Å². The molecule has 1 aromatic heterocycles. The van der Waals surface area contributed by atoms with Gasteiger partial charge in [-0.3, -0.25) is 9.69 Å². The maximum atomic E-state index is 14.1. The summed E-state index contributed by atoms with van der Waals surface area (Å²) in [7, 11) is 6.91. The summed E-state index contributed by atoms with van der Waals surface area (Å²) in [5, 5.41) is 0.453. The van der Waals surface area contributed by atoms with Crippen LogP contribution in [0.15, 0.2) is 36.4 Å². The second-order valence-electron chi connectivity index (χ2n) is 6.44. The Bertz CT molecular complexity index is 968. The topological polar surface area (TPSA) is 54.9 Å². The van der Waals surface area contributed by atoms with Crippen LogP contribution in [0.2, 0.25) is 0 Å². The highest BCUT2D eigenvalue weighted by atomic mass is 32.1. The molecule has 0 spiro atoms. The summed E-state index contributed by atoms with van der Waals surface area (Å²) in [4.78, 5) is 21.3. The Labute approximate surface area is 167 Å². The molecule has 0 aliphatic rings. The van der Waals surface area contributed by atoms with Crippen molar-refractivity contribution in [2.24, 2.45) is 0 Å². The Morgan fingerprint density at radius 1 is 1.11 bits per heavy atom. The van der Waals surface area contributed by atoms with Crippen molar-refractivity contribution >= 4 is 32.6 Å². The number of rotatable bonds is 7. The van der Waals surface area contributed by atoms with Crippen LogP contribution in [-0.4, -0.2) is 57.2 Å². The van der Waals surface area contributed by atoms with E-state index in [-0.39, 0.29) is 11.4 Å². The predicted molar refractivity (Wildman–Crippen MR) is 109 cm³/mol. The highest BCUT2D eigenvalue weighted by Gasteiger charge is 2.23. The van der Waals surface area contributed by atoms with Crippen molar-refractivity contribution in [2.45, 2.75) is 0 Å². The molecule has 1 heterocycles. The summed E-state index contributed by atoms with van der Waals surface area (Å²) in [6.45, 7) is 1.04. The first-order chi connectivity index (χ1) is 13.4. The van der Waals surface area contributed by atoms with Gasteiger partial charge in [0, 0.05) is 24.7 Å². The Morgan fingerprint density at radius 2 is 1.79 bits per heavy atom. The second kappa shape index (κ2) is 8.53. The van der Waals surface area contributed by atoms with Crippen molar-refractivity contribution in [2.75, 3.05) is 46.3 Å². The summed E-state index contributed by atoms with van der Waals surface area (Å²) < 4.78 is 25.3. The van der Waals surface area contributed by atoms with Crippen molar-refractivity contribution in [3.8, 4) is 11.5 Å². The number of thiazole rings is 1. The van der Waals surface area contributed by atoms with Gasteiger partial charge < -0.3 is 14.4 Å². The number of ether oxygens (including phenoxy) is 2. The van der Waals surface area contributed by atoms with Gasteiger partial charge in [0.05, 0.1) is 18.9 Å². The van der Waals surface area contributed by atoms with Crippen molar-refractivity contribution in [1.82, 2.24) is 9.88 Å². The van der Waals surface area contributed by atoms with Gasteiger partial charge in [-0.2, -0.15) is 0 Å². The lowest BCUT2D eigenvalue weighted by atomic mass is 10.1. The number of methoxy groups -OCH3 is 2. The molecule has 6 nitrogen and oxygen atoms in total. The average Bonchev–Trinajstić information content (AvgIpc) is 3.12. The van der Waals surface area contributed by atoms with Crippen LogP contribution in [0.25, 0.3) is 10.2 Å². The molecule has 0 saturated heterocycles. The molecule has 3 aromatic rings. The molecule has 148 valence electrons. The molecule has 0 aliphatic heterocycles. The highest BCUT2D eigenvalue weighted by molar-refractivity contribution is 7.22. The lowest BCUT2D eigenvalue weighted by Gasteiger charge is -2.22. The third-order valence-corrected chi connectivity index (χ3v) is 5.25. The van der Waals surface area contributed by atoms with Crippen molar-refractivity contribution in [3.05, 3.63) is 47.8 Å². The molecule has 0 aliphatic carbocycles. The number of hydrogen-bond acceptors (Lipinski definition) is 6. The molecule has 1 amide bonds. The number of carbonyl (C=O) groups is 1. The van der Waals surface area contributed by atoms with Crippen molar-refractivity contribution in [1.29, 1.82) is 0 Å². The zero-order valence-corrected chi connectivity index (χ0v) is 17.0. The Kier molecular flexibility index (Phi) is 6.11. The standard InChI is InChI=1S/C20H22FN3O3S/c1-23(2)8-9-24(20-22-18-16(21)6-5-7-17(18)28-20)19(25)13-10-14(26-3)12-15(11-13)27-4/h5-7,10-12H,8-9H2,1-4H3. The number of amides is 1. The molecule has 3 rings (SSSR count). The maximum Gasteiger partial charge on any atom is 0.260 e. The Hall–Kier alpha value is -2.71. The molecular weight excluding hydrogens is 381 g/mol. The van der Waals surface area contributed by atoms with E-state index in [1.807, 2.05) is 19.0 Å². The normalized spacial score (nSPS) is 11.1. The molecule has 2 aromatic carbocycles. The van der Waals surface area contributed by atoms with Crippen LogP contribution in [0.4, 0.5) is 9.52 Å². The van der Waals surface area contributed by atoms with E-state index >= 15 is 0 Å². The summed E-state index contributed by atoms with van der Waals surface area (Å²) >= 11 is 1.29. The second-order valence-corrected chi connectivity index (χ2v) is 7.45. The van der Waals surface area contributed by atoms with Gasteiger partial charge in [0.2, 0.25) is 0 Å². The van der Waals surface area contributed by atoms with Crippen LogP contribution in [0.1, 0.15) is 10.4 Å². The zero-order chi connectivity index (χ0) is 20.3. The SMILES string of the molecule is COc1cc(OC)cc(C(=O)N(CCN(C)C)c2nc3c(F)cccc3s2)c1. The van der Waals surface area contributed by atoms with Gasteiger partial charge in [-0.05, 0) is 38.4 Å². The number of para-hydroxylation sites is 1. The fourth-order valence-electron chi connectivity index (χ4n) is 2.69. The van der Waals surface area contributed by atoms with Crippen molar-refractivity contribution in [3.63, 3.8) is 0 Å². The molecule has 28 heavy (non-hydrogen) atoms. The monoisotopic (exact) mass is 403 g/mol. The van der Waals surface area contributed by atoms with Crippen LogP contribution in [-0.2, 0) is 0 Å². The van der Waals surface area contributed by atoms with Gasteiger partial charge in [-0.15, -0.1) is 0 Å². The van der Waals surface area contributed by atoms with E-state index in [1.54, 1.807) is 35.2 Å². The maximum absolute atomic E-state index is 14.1. The smallest absolute Gasteiger partial charge is 0.260 e. The van der Waals surface area contributed by atoms with Crippen LogP contribution in [0.3, 0.4) is 0 Å². The minimum atomic E-state index is -0.400. The summed E-state index contributed by atoms with van der Waals surface area (Å²) in [6, 6.07) is 9.81. The van der Waals surface area contributed by atoms with E-state index < -0.39 is 5.82 Å². The lowest BCUT2D eigenvalue weighted by Crippen LogP contribution is -2.36. The van der Waals surface area contributed by atoms with Crippen LogP contribution in [0, 0.1) is 5.82 Å². The number of halogens is 1. The van der Waals surface area contributed by atoms with Gasteiger partial charge in [-0.25, -0.2) is 9.37 Å². The van der Waals surface area contributed by atoms with Gasteiger partial charge in [0.1, 0.15) is 22.8 Å². The molecule has 0 fully saturated rings. The zero-order valence-electron chi connectivity index (χ0n) is 16.2. The molecule has 0 atom stereocenters. The first-order valence-corrected chi connectivity index (χ1v) is 9.49. The van der Waals surface area contributed by atoms with Gasteiger partial charge >= 0.3 is 0 Å². The largest absolute Gasteiger partial charge is 0.497 e. The van der Waals surface area contributed by atoms with Gasteiger partial charge in [0.15, 0.2) is 5.13 Å². The number of likely N-dealkylation sites (N-methyl/N-ethyl adjacent to an activating group) is 1. The van der Waals surface area contributed by atoms with Crippen LogP contribution >= 0.6 is 11.3 Å². The number of anilines is 1.